The van der Waals surface area contributed by atoms with Gasteiger partial charge >= 0.3 is 0 Å². The number of carbonyl (C=O) groups excluding carboxylic acids is 2. The van der Waals surface area contributed by atoms with E-state index in [9.17, 15) is 18.4 Å². The van der Waals surface area contributed by atoms with Crippen molar-refractivity contribution in [3.05, 3.63) is 65.7 Å². The van der Waals surface area contributed by atoms with Crippen molar-refractivity contribution >= 4 is 11.8 Å². The molecule has 0 aliphatic heterocycles. The first-order valence-electron chi connectivity index (χ1n) is 12.9. The number of rotatable bonds is 12. The summed E-state index contributed by atoms with van der Waals surface area (Å²) in [5.74, 6) is -1.29. The van der Waals surface area contributed by atoms with Crippen LogP contribution in [0.25, 0.3) is 11.4 Å². The van der Waals surface area contributed by atoms with Gasteiger partial charge in [-0.25, -0.2) is 8.78 Å². The molecule has 1 fully saturated rings. The van der Waals surface area contributed by atoms with Crippen molar-refractivity contribution in [3.8, 4) is 11.4 Å². The van der Waals surface area contributed by atoms with Crippen LogP contribution in [0.3, 0.4) is 0 Å². The molecule has 9 nitrogen and oxygen atoms in total. The van der Waals surface area contributed by atoms with Gasteiger partial charge in [-0.1, -0.05) is 25.0 Å². The lowest BCUT2D eigenvalue weighted by Gasteiger charge is -2.32. The van der Waals surface area contributed by atoms with Gasteiger partial charge < -0.3 is 15.0 Å². The molecule has 0 radical (unpaired) electrons. The fraction of sp³-hybridized carbons (Fsp3) is 0.444. The Labute approximate surface area is 220 Å². The summed E-state index contributed by atoms with van der Waals surface area (Å²) in [5.41, 5.74) is 1.06. The highest BCUT2D eigenvalue weighted by molar-refractivity contribution is 5.89. The van der Waals surface area contributed by atoms with Crippen molar-refractivity contribution in [2.24, 2.45) is 0 Å². The number of halogens is 2. The molecule has 1 aliphatic rings. The normalized spacial score (nSPS) is 14.4. The molecule has 1 atom stereocenters. The van der Waals surface area contributed by atoms with Gasteiger partial charge in [-0.2, -0.15) is 4.80 Å². The highest BCUT2D eigenvalue weighted by Crippen LogP contribution is 2.25. The van der Waals surface area contributed by atoms with E-state index in [0.717, 1.165) is 30.5 Å². The average molecular weight is 527 g/mol. The van der Waals surface area contributed by atoms with E-state index in [2.05, 4.69) is 20.7 Å². The molecule has 202 valence electrons. The number of ether oxygens (including phenoxy) is 1. The second-order valence-corrected chi connectivity index (χ2v) is 9.23. The number of hydrogen-bond donors (Lipinski definition) is 1. The number of tetrazole rings is 1. The van der Waals surface area contributed by atoms with Gasteiger partial charge in [-0.15, -0.1) is 10.2 Å². The fourth-order valence-electron chi connectivity index (χ4n) is 4.58. The van der Waals surface area contributed by atoms with Crippen molar-refractivity contribution in [1.82, 2.24) is 30.4 Å². The number of carbonyl (C=O) groups is 2. The summed E-state index contributed by atoms with van der Waals surface area (Å²) in [7, 11) is 0. The Morgan fingerprint density at radius 2 is 1.74 bits per heavy atom. The van der Waals surface area contributed by atoms with Gasteiger partial charge in [0.1, 0.15) is 24.2 Å². The van der Waals surface area contributed by atoms with Crippen molar-refractivity contribution in [2.45, 2.75) is 57.7 Å². The Morgan fingerprint density at radius 3 is 2.39 bits per heavy atom. The summed E-state index contributed by atoms with van der Waals surface area (Å²) in [6.45, 7) is 2.80. The molecule has 38 heavy (non-hydrogen) atoms. The van der Waals surface area contributed by atoms with Crippen LogP contribution < -0.4 is 5.32 Å². The lowest BCUT2D eigenvalue weighted by atomic mass is 10.0. The molecule has 2 amide bonds. The number of nitrogens with zero attached hydrogens (tertiary/aromatic N) is 5. The summed E-state index contributed by atoms with van der Waals surface area (Å²) < 4.78 is 32.5. The van der Waals surface area contributed by atoms with Crippen molar-refractivity contribution in [2.75, 3.05) is 19.8 Å². The van der Waals surface area contributed by atoms with E-state index in [1.807, 2.05) is 6.92 Å². The highest BCUT2D eigenvalue weighted by atomic mass is 19.1. The lowest BCUT2D eigenvalue weighted by molar-refractivity contribution is -0.142. The Bertz CT molecular complexity index is 1200. The third-order valence-corrected chi connectivity index (χ3v) is 6.49. The number of hydrogen-bond acceptors (Lipinski definition) is 6. The fourth-order valence-corrected chi connectivity index (χ4v) is 4.58. The first kappa shape index (κ1) is 27.3. The molecule has 2 aromatic carbocycles. The Hall–Kier alpha value is -3.73. The Kier molecular flexibility index (Phi) is 9.47. The minimum absolute atomic E-state index is 0.0427. The van der Waals surface area contributed by atoms with Crippen molar-refractivity contribution < 1.29 is 23.1 Å². The molecule has 1 aromatic heterocycles. The molecule has 0 bridgehead atoms. The van der Waals surface area contributed by atoms with Crippen LogP contribution in [0.5, 0.6) is 0 Å². The molecular formula is C27H32F2N6O3. The van der Waals surface area contributed by atoms with Crippen LogP contribution in [0.15, 0.2) is 48.5 Å². The second-order valence-electron chi connectivity index (χ2n) is 9.23. The molecule has 1 saturated carbocycles. The molecule has 1 heterocycles. The minimum Gasteiger partial charge on any atom is -0.382 e. The van der Waals surface area contributed by atoms with E-state index in [4.69, 9.17) is 4.74 Å². The summed E-state index contributed by atoms with van der Waals surface area (Å²) in [6, 6.07) is 10.3. The number of aromatic nitrogens is 4. The lowest BCUT2D eigenvalue weighted by Crippen LogP contribution is -2.47. The Morgan fingerprint density at radius 1 is 1.08 bits per heavy atom. The van der Waals surface area contributed by atoms with Gasteiger partial charge in [-0.05, 0) is 73.4 Å². The standard InChI is InChI=1S/C27H32F2N6O3/c1-2-38-17-5-16-34(24(36)18-35-32-26(31-33-35)20-10-14-22(29)15-11-20)25(19-8-12-21(28)13-9-19)27(37)30-23-6-3-4-7-23/h8-15,23,25H,2-7,16-18H2,1H3,(H,30,37). The molecule has 1 unspecified atom stereocenters. The van der Waals surface area contributed by atoms with Crippen LogP contribution in [0.4, 0.5) is 8.78 Å². The van der Waals surface area contributed by atoms with Crippen LogP contribution in [0, 0.1) is 11.6 Å². The molecule has 1 aliphatic carbocycles. The van der Waals surface area contributed by atoms with Gasteiger partial charge in [-0.3, -0.25) is 9.59 Å². The van der Waals surface area contributed by atoms with Gasteiger partial charge in [0, 0.05) is 31.4 Å². The zero-order valence-electron chi connectivity index (χ0n) is 21.4. The first-order valence-corrected chi connectivity index (χ1v) is 12.9. The molecule has 0 spiro atoms. The molecule has 1 N–H and O–H groups in total. The molecule has 0 saturated heterocycles. The van der Waals surface area contributed by atoms with Gasteiger partial charge in [0.25, 0.3) is 0 Å². The van der Waals surface area contributed by atoms with Gasteiger partial charge in [0.15, 0.2) is 0 Å². The van der Waals surface area contributed by atoms with E-state index in [0.29, 0.717) is 30.8 Å². The monoisotopic (exact) mass is 526 g/mol. The molecule has 4 rings (SSSR count). The predicted molar refractivity (Wildman–Crippen MR) is 136 cm³/mol. The quantitative estimate of drug-likeness (QED) is 0.362. The molecule has 3 aromatic rings. The maximum atomic E-state index is 13.7. The average Bonchev–Trinajstić information content (AvgIpc) is 3.59. The zero-order chi connectivity index (χ0) is 26.9. The maximum Gasteiger partial charge on any atom is 0.247 e. The Balaban J connectivity index is 1.58. The van der Waals surface area contributed by atoms with Crippen LogP contribution in [0.1, 0.15) is 50.6 Å². The highest BCUT2D eigenvalue weighted by Gasteiger charge is 2.33. The second kappa shape index (κ2) is 13.2. The maximum absolute atomic E-state index is 13.7. The summed E-state index contributed by atoms with van der Waals surface area (Å²) in [6.07, 6.45) is 4.35. The first-order chi connectivity index (χ1) is 18.4. The van der Waals surface area contributed by atoms with E-state index >= 15 is 0 Å². The predicted octanol–water partition coefficient (Wildman–Crippen LogP) is 3.67. The summed E-state index contributed by atoms with van der Waals surface area (Å²) >= 11 is 0. The third kappa shape index (κ3) is 7.18. The van der Waals surface area contributed by atoms with Crippen LogP contribution in [0.2, 0.25) is 0 Å². The van der Waals surface area contributed by atoms with Crippen LogP contribution >= 0.6 is 0 Å². The largest absolute Gasteiger partial charge is 0.382 e. The van der Waals surface area contributed by atoms with Crippen LogP contribution in [-0.4, -0.2) is 62.7 Å². The summed E-state index contributed by atoms with van der Waals surface area (Å²) in [5, 5.41) is 15.3. The van der Waals surface area contributed by atoms with E-state index < -0.39 is 17.8 Å². The zero-order valence-corrected chi connectivity index (χ0v) is 21.4. The molecular weight excluding hydrogens is 494 g/mol. The van der Waals surface area contributed by atoms with Crippen LogP contribution in [-0.2, 0) is 20.9 Å². The van der Waals surface area contributed by atoms with Crippen molar-refractivity contribution in [1.29, 1.82) is 0 Å². The van der Waals surface area contributed by atoms with E-state index in [1.165, 1.54) is 53.4 Å². The smallest absolute Gasteiger partial charge is 0.247 e. The van der Waals surface area contributed by atoms with Gasteiger partial charge in [0.05, 0.1) is 0 Å². The topological polar surface area (TPSA) is 102 Å². The molecule has 11 heteroatoms. The number of nitrogens with one attached hydrogen (secondary N) is 1. The van der Waals surface area contributed by atoms with Gasteiger partial charge in [0.2, 0.25) is 17.6 Å². The SMILES string of the molecule is CCOCCCN(C(=O)Cn1nnc(-c2ccc(F)cc2)n1)C(C(=O)NC1CCCC1)c1ccc(F)cc1. The van der Waals surface area contributed by atoms with E-state index in [-0.39, 0.29) is 36.7 Å². The van der Waals surface area contributed by atoms with E-state index in [1.54, 1.807) is 0 Å². The minimum atomic E-state index is -0.967. The summed E-state index contributed by atoms with van der Waals surface area (Å²) in [4.78, 5) is 29.8. The number of benzene rings is 2. The third-order valence-electron chi connectivity index (χ3n) is 6.49. The van der Waals surface area contributed by atoms with Crippen molar-refractivity contribution in [3.63, 3.8) is 0 Å². The number of amides is 2.